The fourth-order valence-corrected chi connectivity index (χ4v) is 2.83. The van der Waals surface area contributed by atoms with Crippen molar-refractivity contribution in [3.63, 3.8) is 0 Å². The number of carbonyl (C=O) groups is 2. The van der Waals surface area contributed by atoms with Gasteiger partial charge in [0.05, 0.1) is 13.2 Å². The number of ether oxygens (including phenoxy) is 1. The molecule has 0 aliphatic carbocycles. The predicted molar refractivity (Wildman–Crippen MR) is 82.2 cm³/mol. The summed E-state index contributed by atoms with van der Waals surface area (Å²) in [5.74, 6) is -1.51. The van der Waals surface area contributed by atoms with Crippen molar-refractivity contribution in [3.05, 3.63) is 33.8 Å². The molecule has 6 nitrogen and oxygen atoms in total. The van der Waals surface area contributed by atoms with Gasteiger partial charge in [-0.25, -0.2) is 0 Å². The Morgan fingerprint density at radius 2 is 2.00 bits per heavy atom. The van der Waals surface area contributed by atoms with Crippen LogP contribution in [0.1, 0.15) is 11.6 Å². The van der Waals surface area contributed by atoms with Gasteiger partial charge in [-0.3, -0.25) is 14.5 Å². The molecule has 0 bridgehead atoms. The van der Waals surface area contributed by atoms with E-state index in [1.54, 1.807) is 18.2 Å². The number of hydrogen-bond acceptors (Lipinski definition) is 4. The van der Waals surface area contributed by atoms with Crippen LogP contribution in [0.25, 0.3) is 0 Å². The van der Waals surface area contributed by atoms with Crippen molar-refractivity contribution in [1.29, 1.82) is 0 Å². The number of rotatable bonds is 5. The second kappa shape index (κ2) is 7.78. The number of aliphatic carboxylic acids is 1. The van der Waals surface area contributed by atoms with E-state index in [1.807, 2.05) is 4.90 Å². The van der Waals surface area contributed by atoms with E-state index < -0.39 is 24.5 Å². The van der Waals surface area contributed by atoms with E-state index in [1.165, 1.54) is 0 Å². The maximum Gasteiger partial charge on any atom is 0.322 e. The summed E-state index contributed by atoms with van der Waals surface area (Å²) in [6.45, 7) is 1.70. The number of carboxylic acids is 1. The molecule has 1 heterocycles. The van der Waals surface area contributed by atoms with Crippen LogP contribution in [0.5, 0.6) is 0 Å². The predicted octanol–water partition coefficient (Wildman–Crippen LogP) is 1.57. The van der Waals surface area contributed by atoms with E-state index in [-0.39, 0.29) is 0 Å². The summed E-state index contributed by atoms with van der Waals surface area (Å²) in [4.78, 5) is 25.0. The minimum absolute atomic E-state index is 0.370. The maximum absolute atomic E-state index is 12.4. The fourth-order valence-electron chi connectivity index (χ4n) is 2.32. The summed E-state index contributed by atoms with van der Waals surface area (Å²) in [6.07, 6.45) is 0. The van der Waals surface area contributed by atoms with Crippen LogP contribution in [0.15, 0.2) is 18.2 Å². The molecule has 1 aliphatic heterocycles. The second-order valence-electron chi connectivity index (χ2n) is 4.83. The average molecular weight is 347 g/mol. The number of carbonyl (C=O) groups excluding carboxylic acids is 1. The van der Waals surface area contributed by atoms with Gasteiger partial charge in [0.15, 0.2) is 0 Å². The average Bonchev–Trinajstić information content (AvgIpc) is 2.49. The highest BCUT2D eigenvalue weighted by Gasteiger charge is 2.30. The molecule has 1 fully saturated rings. The number of morpholine rings is 1. The summed E-state index contributed by atoms with van der Waals surface area (Å²) >= 11 is 12.1. The molecule has 1 aliphatic rings. The number of halogens is 2. The van der Waals surface area contributed by atoms with Gasteiger partial charge in [-0.1, -0.05) is 29.3 Å². The minimum atomic E-state index is -1.10. The monoisotopic (exact) mass is 346 g/mol. The smallest absolute Gasteiger partial charge is 0.322 e. The van der Waals surface area contributed by atoms with Crippen molar-refractivity contribution in [2.45, 2.75) is 6.04 Å². The summed E-state index contributed by atoms with van der Waals surface area (Å²) in [6, 6.07) is 4.23. The first-order valence-electron chi connectivity index (χ1n) is 6.75. The number of benzene rings is 1. The van der Waals surface area contributed by atoms with Crippen LogP contribution < -0.4 is 5.32 Å². The molecule has 0 aromatic heterocycles. The van der Waals surface area contributed by atoms with E-state index in [9.17, 15) is 9.59 Å². The molecule has 1 aromatic rings. The lowest BCUT2D eigenvalue weighted by atomic mass is 10.0. The molecule has 0 saturated carbocycles. The number of hydrogen-bond donors (Lipinski definition) is 2. The van der Waals surface area contributed by atoms with Gasteiger partial charge >= 0.3 is 5.97 Å². The molecule has 1 atom stereocenters. The summed E-state index contributed by atoms with van der Waals surface area (Å²) in [7, 11) is 0. The standard InChI is InChI=1S/C14H16Cl2N2O4/c15-9-1-2-10(11(16)7-9)13(14(21)17-8-12(19)20)18-3-5-22-6-4-18/h1-2,7,13H,3-6,8H2,(H,17,21)(H,19,20). The highest BCUT2D eigenvalue weighted by molar-refractivity contribution is 6.35. The zero-order chi connectivity index (χ0) is 16.1. The van der Waals surface area contributed by atoms with Crippen molar-refractivity contribution < 1.29 is 19.4 Å². The normalized spacial score (nSPS) is 17.0. The molecule has 0 spiro atoms. The first kappa shape index (κ1) is 17.0. The van der Waals surface area contributed by atoms with Crippen LogP contribution in [0, 0.1) is 0 Å². The topological polar surface area (TPSA) is 78.9 Å². The van der Waals surface area contributed by atoms with Crippen LogP contribution >= 0.6 is 23.2 Å². The van der Waals surface area contributed by atoms with E-state index in [0.717, 1.165) is 0 Å². The zero-order valence-electron chi connectivity index (χ0n) is 11.7. The first-order valence-corrected chi connectivity index (χ1v) is 7.51. The molecule has 22 heavy (non-hydrogen) atoms. The molecular formula is C14H16Cl2N2O4. The molecule has 2 rings (SSSR count). The Labute approximate surface area is 137 Å². The van der Waals surface area contributed by atoms with Crippen molar-refractivity contribution in [1.82, 2.24) is 10.2 Å². The molecule has 1 saturated heterocycles. The van der Waals surface area contributed by atoms with Gasteiger partial charge in [-0.05, 0) is 17.7 Å². The third-order valence-electron chi connectivity index (χ3n) is 3.33. The number of amides is 1. The molecule has 120 valence electrons. The molecule has 8 heteroatoms. The lowest BCUT2D eigenvalue weighted by Gasteiger charge is -2.34. The van der Waals surface area contributed by atoms with E-state index in [4.69, 9.17) is 33.0 Å². The van der Waals surface area contributed by atoms with Crippen LogP contribution in [-0.4, -0.2) is 54.7 Å². The van der Waals surface area contributed by atoms with Crippen LogP contribution in [-0.2, 0) is 14.3 Å². The van der Waals surface area contributed by atoms with Gasteiger partial charge in [0.2, 0.25) is 5.91 Å². The molecular weight excluding hydrogens is 331 g/mol. The van der Waals surface area contributed by atoms with Gasteiger partial charge in [0.1, 0.15) is 12.6 Å². The van der Waals surface area contributed by atoms with Crippen LogP contribution in [0.2, 0.25) is 10.0 Å². The molecule has 2 N–H and O–H groups in total. The molecule has 0 radical (unpaired) electrons. The van der Waals surface area contributed by atoms with Crippen molar-refractivity contribution >= 4 is 35.1 Å². The van der Waals surface area contributed by atoms with Crippen molar-refractivity contribution in [2.75, 3.05) is 32.8 Å². The van der Waals surface area contributed by atoms with Crippen molar-refractivity contribution in [3.8, 4) is 0 Å². The Morgan fingerprint density at radius 3 is 2.59 bits per heavy atom. The summed E-state index contributed by atoms with van der Waals surface area (Å²) in [5.41, 5.74) is 0.593. The molecule has 1 aromatic carbocycles. The largest absolute Gasteiger partial charge is 0.480 e. The molecule has 1 unspecified atom stereocenters. The van der Waals surface area contributed by atoms with Gasteiger partial charge in [0, 0.05) is 23.1 Å². The fraction of sp³-hybridized carbons (Fsp3) is 0.429. The maximum atomic E-state index is 12.4. The van der Waals surface area contributed by atoms with Crippen molar-refractivity contribution in [2.24, 2.45) is 0 Å². The van der Waals surface area contributed by atoms with E-state index in [0.29, 0.717) is 41.9 Å². The Balaban J connectivity index is 2.27. The highest BCUT2D eigenvalue weighted by atomic mass is 35.5. The number of nitrogens with zero attached hydrogens (tertiary/aromatic N) is 1. The van der Waals surface area contributed by atoms with Gasteiger partial charge in [0.25, 0.3) is 0 Å². The Morgan fingerprint density at radius 1 is 1.32 bits per heavy atom. The van der Waals surface area contributed by atoms with Gasteiger partial charge in [-0.2, -0.15) is 0 Å². The quantitative estimate of drug-likeness (QED) is 0.845. The highest BCUT2D eigenvalue weighted by Crippen LogP contribution is 2.30. The Bertz CT molecular complexity index is 562. The van der Waals surface area contributed by atoms with Crippen LogP contribution in [0.3, 0.4) is 0 Å². The van der Waals surface area contributed by atoms with E-state index >= 15 is 0 Å². The lowest BCUT2D eigenvalue weighted by Crippen LogP contribution is -2.46. The Hall–Kier alpha value is -1.34. The molecule has 1 amide bonds. The van der Waals surface area contributed by atoms with E-state index in [2.05, 4.69) is 5.32 Å². The van der Waals surface area contributed by atoms with Gasteiger partial charge < -0.3 is 15.2 Å². The first-order chi connectivity index (χ1) is 10.5. The van der Waals surface area contributed by atoms with Crippen LogP contribution in [0.4, 0.5) is 0 Å². The third kappa shape index (κ3) is 4.33. The Kier molecular flexibility index (Phi) is 6.02. The number of carboxylic acid groups (broad SMARTS) is 1. The lowest BCUT2D eigenvalue weighted by molar-refractivity contribution is -0.139. The third-order valence-corrected chi connectivity index (χ3v) is 3.89. The SMILES string of the molecule is O=C(O)CNC(=O)C(c1ccc(Cl)cc1Cl)N1CCOCC1. The zero-order valence-corrected chi connectivity index (χ0v) is 13.2. The summed E-state index contributed by atoms with van der Waals surface area (Å²) < 4.78 is 5.29. The van der Waals surface area contributed by atoms with Gasteiger partial charge in [-0.15, -0.1) is 0 Å². The summed E-state index contributed by atoms with van der Waals surface area (Å²) in [5, 5.41) is 12.0. The second-order valence-corrected chi connectivity index (χ2v) is 5.67. The number of nitrogens with one attached hydrogen (secondary N) is 1. The minimum Gasteiger partial charge on any atom is -0.480 e.